The summed E-state index contributed by atoms with van der Waals surface area (Å²) >= 11 is 0. The molecule has 1 aliphatic rings. The first-order valence-electron chi connectivity index (χ1n) is 7.46. The van der Waals surface area contributed by atoms with Gasteiger partial charge in [0.05, 0.1) is 18.1 Å². The second kappa shape index (κ2) is 6.64. The highest BCUT2D eigenvalue weighted by atomic mass is 32.2. The van der Waals surface area contributed by atoms with Gasteiger partial charge in [0.25, 0.3) is 0 Å². The quantitative estimate of drug-likeness (QED) is 0.837. The average molecular weight is 313 g/mol. The van der Waals surface area contributed by atoms with Gasteiger partial charge in [-0.05, 0) is 37.3 Å². The maximum absolute atomic E-state index is 12.4. The van der Waals surface area contributed by atoms with Crippen LogP contribution < -0.4 is 0 Å². The average Bonchev–Trinajstić information content (AvgIpc) is 2.91. The molecule has 0 saturated carbocycles. The van der Waals surface area contributed by atoms with E-state index in [0.717, 1.165) is 18.6 Å². The molecule has 1 aromatic heterocycles. The van der Waals surface area contributed by atoms with Crippen LogP contribution in [-0.4, -0.2) is 37.3 Å². The molecular weight excluding hydrogens is 290 g/mol. The van der Waals surface area contributed by atoms with Crippen LogP contribution in [0.1, 0.15) is 44.9 Å². The number of amides is 1. The molecule has 0 bridgehead atoms. The Labute approximate surface area is 126 Å². The fourth-order valence-electron chi connectivity index (χ4n) is 2.84. The van der Waals surface area contributed by atoms with Crippen LogP contribution in [0.15, 0.2) is 22.8 Å². The zero-order valence-corrected chi connectivity index (χ0v) is 13.4. The van der Waals surface area contributed by atoms with Crippen molar-refractivity contribution in [2.75, 3.05) is 18.1 Å². The first-order chi connectivity index (χ1) is 9.93. The standard InChI is InChI=1S/C15H23NO4S/c1-3-9-21(18,19)11-15(17)16-7-6-12(2)10-13(16)14-5-4-8-20-14/h4-5,8,12-13H,3,6-7,9-11H2,1-2H3/t12-,13-/m1/s1. The Balaban J connectivity index is 2.14. The lowest BCUT2D eigenvalue weighted by Crippen LogP contribution is -2.43. The van der Waals surface area contributed by atoms with E-state index in [4.69, 9.17) is 4.42 Å². The number of carbonyl (C=O) groups is 1. The summed E-state index contributed by atoms with van der Waals surface area (Å²) in [4.78, 5) is 14.1. The third-order valence-corrected chi connectivity index (χ3v) is 5.63. The van der Waals surface area contributed by atoms with E-state index in [0.29, 0.717) is 18.9 Å². The SMILES string of the molecule is CCCS(=O)(=O)CC(=O)N1CC[C@@H](C)C[C@@H]1c1ccco1. The number of hydrogen-bond acceptors (Lipinski definition) is 4. The number of sulfone groups is 1. The van der Waals surface area contributed by atoms with Gasteiger partial charge in [-0.1, -0.05) is 13.8 Å². The summed E-state index contributed by atoms with van der Waals surface area (Å²) in [6.45, 7) is 4.54. The summed E-state index contributed by atoms with van der Waals surface area (Å²) in [6, 6.07) is 3.50. The Kier molecular flexibility index (Phi) is 5.08. The number of furan rings is 1. The summed E-state index contributed by atoms with van der Waals surface area (Å²) in [5.41, 5.74) is 0. The topological polar surface area (TPSA) is 67.6 Å². The highest BCUT2D eigenvalue weighted by Crippen LogP contribution is 2.34. The summed E-state index contributed by atoms with van der Waals surface area (Å²) in [7, 11) is -3.31. The van der Waals surface area contributed by atoms with Gasteiger partial charge in [-0.3, -0.25) is 4.79 Å². The minimum Gasteiger partial charge on any atom is -0.467 e. The molecule has 2 heterocycles. The number of likely N-dealkylation sites (tertiary alicyclic amines) is 1. The van der Waals surface area contributed by atoms with Gasteiger partial charge < -0.3 is 9.32 Å². The van der Waals surface area contributed by atoms with E-state index in [9.17, 15) is 13.2 Å². The van der Waals surface area contributed by atoms with E-state index >= 15 is 0 Å². The Morgan fingerprint density at radius 3 is 2.86 bits per heavy atom. The fourth-order valence-corrected chi connectivity index (χ4v) is 4.15. The van der Waals surface area contributed by atoms with Gasteiger partial charge in [-0.2, -0.15) is 0 Å². The van der Waals surface area contributed by atoms with Crippen molar-refractivity contribution in [1.82, 2.24) is 4.90 Å². The third-order valence-electron chi connectivity index (χ3n) is 3.92. The molecule has 1 saturated heterocycles. The normalized spacial score (nSPS) is 23.2. The van der Waals surface area contributed by atoms with Crippen LogP contribution in [0, 0.1) is 5.92 Å². The molecule has 1 aromatic rings. The molecule has 0 aliphatic carbocycles. The van der Waals surface area contributed by atoms with Gasteiger partial charge >= 0.3 is 0 Å². The Bertz CT molecular complexity index is 565. The van der Waals surface area contributed by atoms with Crippen molar-refractivity contribution in [2.24, 2.45) is 5.92 Å². The first kappa shape index (κ1) is 16.1. The van der Waals surface area contributed by atoms with Gasteiger partial charge in [-0.15, -0.1) is 0 Å². The maximum atomic E-state index is 12.4. The van der Waals surface area contributed by atoms with E-state index in [-0.39, 0.29) is 17.7 Å². The zero-order valence-electron chi connectivity index (χ0n) is 12.6. The van der Waals surface area contributed by atoms with E-state index in [1.165, 1.54) is 0 Å². The Hall–Kier alpha value is -1.30. The Morgan fingerprint density at radius 2 is 2.24 bits per heavy atom. The van der Waals surface area contributed by atoms with Crippen molar-refractivity contribution in [1.29, 1.82) is 0 Å². The predicted molar refractivity (Wildman–Crippen MR) is 80.5 cm³/mol. The highest BCUT2D eigenvalue weighted by molar-refractivity contribution is 7.92. The third kappa shape index (κ3) is 4.09. The number of piperidine rings is 1. The van der Waals surface area contributed by atoms with Crippen LogP contribution in [0.2, 0.25) is 0 Å². The smallest absolute Gasteiger partial charge is 0.238 e. The van der Waals surface area contributed by atoms with Crippen LogP contribution in [0.5, 0.6) is 0 Å². The first-order valence-corrected chi connectivity index (χ1v) is 9.28. The van der Waals surface area contributed by atoms with E-state index in [1.54, 1.807) is 24.2 Å². The fraction of sp³-hybridized carbons (Fsp3) is 0.667. The van der Waals surface area contributed by atoms with Crippen molar-refractivity contribution < 1.29 is 17.6 Å². The minimum absolute atomic E-state index is 0.0639. The van der Waals surface area contributed by atoms with E-state index < -0.39 is 15.6 Å². The molecule has 118 valence electrons. The van der Waals surface area contributed by atoms with E-state index in [2.05, 4.69) is 6.92 Å². The molecule has 0 radical (unpaired) electrons. The molecule has 0 aromatic carbocycles. The molecule has 21 heavy (non-hydrogen) atoms. The summed E-state index contributed by atoms with van der Waals surface area (Å²) < 4.78 is 29.2. The van der Waals surface area contributed by atoms with Crippen molar-refractivity contribution in [3.8, 4) is 0 Å². The van der Waals surface area contributed by atoms with Gasteiger partial charge in [0, 0.05) is 6.54 Å². The largest absolute Gasteiger partial charge is 0.467 e. The van der Waals surface area contributed by atoms with Gasteiger partial charge in [0.15, 0.2) is 9.84 Å². The lowest BCUT2D eigenvalue weighted by atomic mass is 9.91. The van der Waals surface area contributed by atoms with Crippen molar-refractivity contribution in [3.05, 3.63) is 24.2 Å². The minimum atomic E-state index is -3.31. The molecule has 2 atom stereocenters. The molecule has 5 nitrogen and oxygen atoms in total. The lowest BCUT2D eigenvalue weighted by molar-refractivity contribution is -0.133. The number of nitrogens with zero attached hydrogens (tertiary/aromatic N) is 1. The van der Waals surface area contributed by atoms with Crippen molar-refractivity contribution in [2.45, 2.75) is 39.2 Å². The zero-order chi connectivity index (χ0) is 15.5. The van der Waals surface area contributed by atoms with Gasteiger partial charge in [-0.25, -0.2) is 8.42 Å². The molecule has 6 heteroatoms. The molecule has 0 spiro atoms. The number of hydrogen-bond donors (Lipinski definition) is 0. The molecule has 1 amide bonds. The predicted octanol–water partition coefficient (Wildman–Crippen LogP) is 2.40. The number of rotatable bonds is 5. The van der Waals surface area contributed by atoms with Crippen LogP contribution >= 0.6 is 0 Å². The molecule has 0 unspecified atom stereocenters. The van der Waals surface area contributed by atoms with Crippen LogP contribution in [0.25, 0.3) is 0 Å². The van der Waals surface area contributed by atoms with Crippen LogP contribution in [0.3, 0.4) is 0 Å². The molecule has 1 aliphatic heterocycles. The maximum Gasteiger partial charge on any atom is 0.238 e. The number of carbonyl (C=O) groups excluding carboxylic acids is 1. The second-order valence-electron chi connectivity index (χ2n) is 5.84. The summed E-state index contributed by atoms with van der Waals surface area (Å²) in [5.74, 6) is 0.594. The summed E-state index contributed by atoms with van der Waals surface area (Å²) in [5, 5.41) is 0. The van der Waals surface area contributed by atoms with Gasteiger partial charge in [0.1, 0.15) is 11.5 Å². The van der Waals surface area contributed by atoms with Crippen LogP contribution in [-0.2, 0) is 14.6 Å². The second-order valence-corrected chi connectivity index (χ2v) is 8.02. The van der Waals surface area contributed by atoms with E-state index in [1.807, 2.05) is 6.07 Å². The monoisotopic (exact) mass is 313 g/mol. The molecule has 1 fully saturated rings. The van der Waals surface area contributed by atoms with Gasteiger partial charge in [0.2, 0.25) is 5.91 Å². The summed E-state index contributed by atoms with van der Waals surface area (Å²) in [6.07, 6.45) is 3.84. The highest BCUT2D eigenvalue weighted by Gasteiger charge is 2.34. The molecule has 2 rings (SSSR count). The molecule has 0 N–H and O–H groups in total. The van der Waals surface area contributed by atoms with Crippen molar-refractivity contribution >= 4 is 15.7 Å². The van der Waals surface area contributed by atoms with Crippen molar-refractivity contribution in [3.63, 3.8) is 0 Å². The Morgan fingerprint density at radius 1 is 1.48 bits per heavy atom. The molecular formula is C15H23NO4S. The van der Waals surface area contributed by atoms with Crippen LogP contribution in [0.4, 0.5) is 0 Å². The lowest BCUT2D eigenvalue weighted by Gasteiger charge is -2.37.